The van der Waals surface area contributed by atoms with Gasteiger partial charge in [0.05, 0.1) is 5.69 Å². The van der Waals surface area contributed by atoms with Gasteiger partial charge in [-0.25, -0.2) is 0 Å². The van der Waals surface area contributed by atoms with Gasteiger partial charge in [-0.3, -0.25) is 0 Å². The van der Waals surface area contributed by atoms with Gasteiger partial charge >= 0.3 is 0 Å². The lowest BCUT2D eigenvalue weighted by atomic mass is 9.99. The summed E-state index contributed by atoms with van der Waals surface area (Å²) in [6, 6.07) is 8.28. The predicted molar refractivity (Wildman–Crippen MR) is 66.1 cm³/mol. The second-order valence-corrected chi connectivity index (χ2v) is 4.10. The van der Waals surface area contributed by atoms with Gasteiger partial charge < -0.3 is 5.73 Å². The molecule has 1 heterocycles. The highest BCUT2D eigenvalue weighted by Crippen LogP contribution is 2.27. The van der Waals surface area contributed by atoms with Gasteiger partial charge in [-0.1, -0.05) is 23.8 Å². The molecule has 0 saturated carbocycles. The SMILES string of the molecule is Cc1ccc(-c2cc(C)nnc2N)c(C)c1. The third-order valence-electron chi connectivity index (χ3n) is 2.62. The second kappa shape index (κ2) is 3.93. The summed E-state index contributed by atoms with van der Waals surface area (Å²) < 4.78 is 0. The number of aromatic nitrogens is 2. The maximum atomic E-state index is 5.85. The topological polar surface area (TPSA) is 51.8 Å². The van der Waals surface area contributed by atoms with E-state index in [-0.39, 0.29) is 0 Å². The first-order valence-electron chi connectivity index (χ1n) is 5.25. The first kappa shape index (κ1) is 10.6. The van der Waals surface area contributed by atoms with Crippen molar-refractivity contribution in [3.05, 3.63) is 41.1 Å². The van der Waals surface area contributed by atoms with Crippen molar-refractivity contribution in [1.82, 2.24) is 10.2 Å². The molecule has 0 fully saturated rings. The summed E-state index contributed by atoms with van der Waals surface area (Å²) in [6.07, 6.45) is 0. The maximum absolute atomic E-state index is 5.85. The van der Waals surface area contributed by atoms with Crippen LogP contribution in [0.4, 0.5) is 5.82 Å². The Morgan fingerprint density at radius 1 is 0.938 bits per heavy atom. The van der Waals surface area contributed by atoms with Crippen molar-refractivity contribution in [3.8, 4) is 11.1 Å². The Balaban J connectivity index is 2.62. The zero-order valence-corrected chi connectivity index (χ0v) is 9.78. The van der Waals surface area contributed by atoms with E-state index in [0.29, 0.717) is 5.82 Å². The smallest absolute Gasteiger partial charge is 0.154 e. The molecule has 2 N–H and O–H groups in total. The fraction of sp³-hybridized carbons (Fsp3) is 0.231. The largest absolute Gasteiger partial charge is 0.382 e. The number of hydrogen-bond donors (Lipinski definition) is 1. The molecule has 0 aliphatic heterocycles. The molecule has 3 nitrogen and oxygen atoms in total. The van der Waals surface area contributed by atoms with E-state index in [0.717, 1.165) is 16.8 Å². The predicted octanol–water partition coefficient (Wildman–Crippen LogP) is 2.65. The molecule has 1 aromatic carbocycles. The van der Waals surface area contributed by atoms with Crippen LogP contribution in [0, 0.1) is 20.8 Å². The van der Waals surface area contributed by atoms with Crippen LogP contribution >= 0.6 is 0 Å². The summed E-state index contributed by atoms with van der Waals surface area (Å²) in [4.78, 5) is 0. The quantitative estimate of drug-likeness (QED) is 0.792. The number of rotatable bonds is 1. The van der Waals surface area contributed by atoms with Crippen LogP contribution in [-0.4, -0.2) is 10.2 Å². The second-order valence-electron chi connectivity index (χ2n) is 4.10. The number of hydrogen-bond acceptors (Lipinski definition) is 3. The minimum atomic E-state index is 0.484. The summed E-state index contributed by atoms with van der Waals surface area (Å²) in [6.45, 7) is 6.08. The molecule has 0 bridgehead atoms. The number of anilines is 1. The molecule has 3 heteroatoms. The van der Waals surface area contributed by atoms with Crippen molar-refractivity contribution in [2.45, 2.75) is 20.8 Å². The molecule has 1 aromatic heterocycles. The fourth-order valence-electron chi connectivity index (χ4n) is 1.83. The fourth-order valence-corrected chi connectivity index (χ4v) is 1.83. The minimum absolute atomic E-state index is 0.484. The van der Waals surface area contributed by atoms with Crippen LogP contribution in [0.2, 0.25) is 0 Å². The molecule has 0 amide bonds. The Labute approximate surface area is 95.3 Å². The van der Waals surface area contributed by atoms with Crippen LogP contribution in [0.1, 0.15) is 16.8 Å². The van der Waals surface area contributed by atoms with Crippen LogP contribution in [0.25, 0.3) is 11.1 Å². The molecule has 2 aromatic rings. The Morgan fingerprint density at radius 3 is 2.38 bits per heavy atom. The highest BCUT2D eigenvalue weighted by atomic mass is 15.1. The van der Waals surface area contributed by atoms with E-state index >= 15 is 0 Å². The standard InChI is InChI=1S/C13H15N3/c1-8-4-5-11(9(2)6-8)12-7-10(3)15-16-13(12)14/h4-7H,1-3H3,(H2,14,16). The first-order chi connectivity index (χ1) is 7.58. The molecule has 0 spiro atoms. The number of nitrogen functional groups attached to an aromatic ring is 1. The van der Waals surface area contributed by atoms with E-state index in [1.54, 1.807) is 0 Å². The van der Waals surface area contributed by atoms with Crippen LogP contribution in [0.3, 0.4) is 0 Å². The average Bonchev–Trinajstić information content (AvgIpc) is 2.22. The van der Waals surface area contributed by atoms with E-state index in [4.69, 9.17) is 5.73 Å². The molecule has 16 heavy (non-hydrogen) atoms. The minimum Gasteiger partial charge on any atom is -0.382 e. The van der Waals surface area contributed by atoms with Gasteiger partial charge in [0.25, 0.3) is 0 Å². The molecular formula is C13H15N3. The molecular weight excluding hydrogens is 198 g/mol. The van der Waals surface area contributed by atoms with Gasteiger partial charge in [0.2, 0.25) is 0 Å². The number of benzene rings is 1. The van der Waals surface area contributed by atoms with E-state index in [1.807, 2.05) is 13.0 Å². The molecule has 0 unspecified atom stereocenters. The number of nitrogens with zero attached hydrogens (tertiary/aromatic N) is 2. The average molecular weight is 213 g/mol. The van der Waals surface area contributed by atoms with Gasteiger partial charge in [-0.15, -0.1) is 5.10 Å². The van der Waals surface area contributed by atoms with E-state index in [2.05, 4.69) is 42.2 Å². The third kappa shape index (κ3) is 1.89. The van der Waals surface area contributed by atoms with E-state index in [9.17, 15) is 0 Å². The lowest BCUT2D eigenvalue weighted by molar-refractivity contribution is 0.992. The number of nitrogens with two attached hydrogens (primary N) is 1. The van der Waals surface area contributed by atoms with Gasteiger partial charge in [0.15, 0.2) is 5.82 Å². The zero-order chi connectivity index (χ0) is 11.7. The molecule has 2 rings (SSSR count). The Hall–Kier alpha value is -1.90. The molecule has 82 valence electrons. The van der Waals surface area contributed by atoms with Crippen molar-refractivity contribution >= 4 is 5.82 Å². The molecule has 0 aliphatic rings. The van der Waals surface area contributed by atoms with Crippen molar-refractivity contribution in [1.29, 1.82) is 0 Å². The Bertz CT molecular complexity index is 533. The third-order valence-corrected chi connectivity index (χ3v) is 2.62. The summed E-state index contributed by atoms with van der Waals surface area (Å²) in [5, 5.41) is 7.88. The Morgan fingerprint density at radius 2 is 1.69 bits per heavy atom. The van der Waals surface area contributed by atoms with Gasteiger partial charge in [0, 0.05) is 5.56 Å². The van der Waals surface area contributed by atoms with Gasteiger partial charge in [0.1, 0.15) is 0 Å². The van der Waals surface area contributed by atoms with Crippen molar-refractivity contribution in [2.24, 2.45) is 0 Å². The summed E-state index contributed by atoms with van der Waals surface area (Å²) in [5.74, 6) is 0.484. The summed E-state index contributed by atoms with van der Waals surface area (Å²) >= 11 is 0. The van der Waals surface area contributed by atoms with Gasteiger partial charge in [-0.05, 0) is 38.0 Å². The highest BCUT2D eigenvalue weighted by Gasteiger charge is 2.07. The normalized spacial score (nSPS) is 10.4. The first-order valence-corrected chi connectivity index (χ1v) is 5.25. The summed E-state index contributed by atoms with van der Waals surface area (Å²) in [5.41, 5.74) is 11.3. The van der Waals surface area contributed by atoms with E-state index in [1.165, 1.54) is 11.1 Å². The van der Waals surface area contributed by atoms with Crippen molar-refractivity contribution in [2.75, 3.05) is 5.73 Å². The molecule has 0 radical (unpaired) electrons. The zero-order valence-electron chi connectivity index (χ0n) is 9.78. The Kier molecular flexibility index (Phi) is 2.60. The van der Waals surface area contributed by atoms with Crippen LogP contribution in [-0.2, 0) is 0 Å². The van der Waals surface area contributed by atoms with Crippen molar-refractivity contribution in [3.63, 3.8) is 0 Å². The van der Waals surface area contributed by atoms with Crippen LogP contribution < -0.4 is 5.73 Å². The maximum Gasteiger partial charge on any atom is 0.154 e. The summed E-state index contributed by atoms with van der Waals surface area (Å²) in [7, 11) is 0. The van der Waals surface area contributed by atoms with Crippen LogP contribution in [0.5, 0.6) is 0 Å². The lowest BCUT2D eigenvalue weighted by Gasteiger charge is -2.09. The molecule has 0 saturated heterocycles. The number of aryl methyl sites for hydroxylation is 3. The lowest BCUT2D eigenvalue weighted by Crippen LogP contribution is -1.99. The van der Waals surface area contributed by atoms with Crippen LogP contribution in [0.15, 0.2) is 24.3 Å². The molecule has 0 aliphatic carbocycles. The van der Waals surface area contributed by atoms with Crippen molar-refractivity contribution < 1.29 is 0 Å². The molecule has 0 atom stereocenters. The van der Waals surface area contributed by atoms with E-state index < -0.39 is 0 Å². The van der Waals surface area contributed by atoms with Gasteiger partial charge in [-0.2, -0.15) is 5.10 Å². The monoisotopic (exact) mass is 213 g/mol. The highest BCUT2D eigenvalue weighted by molar-refractivity contribution is 5.76.